The van der Waals surface area contributed by atoms with E-state index in [4.69, 9.17) is 4.74 Å². The van der Waals surface area contributed by atoms with E-state index >= 15 is 0 Å². The van der Waals surface area contributed by atoms with Crippen molar-refractivity contribution in [3.05, 3.63) is 23.9 Å². The largest absolute Gasteiger partial charge is 0.481 e. The molecule has 3 nitrogen and oxygen atoms in total. The lowest BCUT2D eigenvalue weighted by Crippen LogP contribution is -2.32. The molecule has 0 saturated carbocycles. The van der Waals surface area contributed by atoms with E-state index in [1.54, 1.807) is 18.3 Å². The van der Waals surface area contributed by atoms with Gasteiger partial charge in [0.25, 0.3) is 6.43 Å². The Morgan fingerprint density at radius 1 is 1.53 bits per heavy atom. The van der Waals surface area contributed by atoms with Gasteiger partial charge in [0.15, 0.2) is 0 Å². The minimum atomic E-state index is -2.37. The van der Waals surface area contributed by atoms with Crippen molar-refractivity contribution in [3.8, 4) is 5.88 Å². The van der Waals surface area contributed by atoms with Gasteiger partial charge in [-0.15, -0.1) is 0 Å². The lowest BCUT2D eigenvalue weighted by molar-refractivity contribution is 0.105. The van der Waals surface area contributed by atoms with Crippen molar-refractivity contribution in [2.75, 3.05) is 7.11 Å². The van der Waals surface area contributed by atoms with Gasteiger partial charge in [-0.2, -0.15) is 0 Å². The summed E-state index contributed by atoms with van der Waals surface area (Å²) in [6.45, 7) is 1.76. The number of hydrogen-bond acceptors (Lipinski definition) is 3. The summed E-state index contributed by atoms with van der Waals surface area (Å²) in [4.78, 5) is 3.97. The van der Waals surface area contributed by atoms with Gasteiger partial charge in [-0.05, 0) is 13.0 Å². The van der Waals surface area contributed by atoms with E-state index in [2.05, 4.69) is 10.3 Å². The predicted molar refractivity (Wildman–Crippen MR) is 53.1 cm³/mol. The fourth-order valence-electron chi connectivity index (χ4n) is 1.10. The number of aromatic nitrogens is 1. The molecule has 1 N–H and O–H groups in total. The number of hydrogen-bond donors (Lipinski definition) is 1. The molecule has 1 unspecified atom stereocenters. The molecule has 1 heterocycles. The number of halogens is 2. The van der Waals surface area contributed by atoms with Crippen LogP contribution < -0.4 is 10.1 Å². The van der Waals surface area contributed by atoms with Crippen LogP contribution in [-0.2, 0) is 6.54 Å². The Hall–Kier alpha value is -1.23. The fourth-order valence-corrected chi connectivity index (χ4v) is 1.10. The summed E-state index contributed by atoms with van der Waals surface area (Å²) in [6, 6.07) is 2.69. The SMILES string of the molecule is COc1ncccc1CNC(C)C(F)F. The monoisotopic (exact) mass is 216 g/mol. The summed E-state index contributed by atoms with van der Waals surface area (Å²) in [5.41, 5.74) is 0.771. The maximum Gasteiger partial charge on any atom is 0.253 e. The summed E-state index contributed by atoms with van der Waals surface area (Å²) in [6.07, 6.45) is -0.772. The zero-order chi connectivity index (χ0) is 11.3. The van der Waals surface area contributed by atoms with Crippen LogP contribution >= 0.6 is 0 Å². The van der Waals surface area contributed by atoms with Crippen LogP contribution in [-0.4, -0.2) is 24.6 Å². The van der Waals surface area contributed by atoms with Gasteiger partial charge in [0, 0.05) is 18.3 Å². The van der Waals surface area contributed by atoms with Gasteiger partial charge in [0.05, 0.1) is 13.2 Å². The van der Waals surface area contributed by atoms with Gasteiger partial charge in [0.2, 0.25) is 5.88 Å². The number of methoxy groups -OCH3 is 1. The van der Waals surface area contributed by atoms with Crippen LogP contribution in [0.3, 0.4) is 0 Å². The average molecular weight is 216 g/mol. The molecule has 0 fully saturated rings. The molecule has 0 saturated heterocycles. The molecule has 1 rings (SSSR count). The topological polar surface area (TPSA) is 34.1 Å². The Kier molecular flexibility index (Phi) is 4.42. The van der Waals surface area contributed by atoms with Crippen LogP contribution in [0.4, 0.5) is 8.78 Å². The van der Waals surface area contributed by atoms with Crippen molar-refractivity contribution >= 4 is 0 Å². The maximum absolute atomic E-state index is 12.2. The number of ether oxygens (including phenoxy) is 1. The normalized spacial score (nSPS) is 12.9. The van der Waals surface area contributed by atoms with Crippen LogP contribution in [0.1, 0.15) is 12.5 Å². The average Bonchev–Trinajstić information content (AvgIpc) is 2.26. The number of pyridine rings is 1. The molecule has 5 heteroatoms. The zero-order valence-corrected chi connectivity index (χ0v) is 8.71. The number of nitrogens with one attached hydrogen (secondary N) is 1. The van der Waals surface area contributed by atoms with Gasteiger partial charge in [-0.1, -0.05) is 6.07 Å². The molecule has 1 aromatic rings. The Bertz CT molecular complexity index is 307. The molecular formula is C10H14F2N2O. The second-order valence-electron chi connectivity index (χ2n) is 3.18. The first-order valence-electron chi connectivity index (χ1n) is 4.64. The minimum absolute atomic E-state index is 0.322. The Morgan fingerprint density at radius 3 is 2.87 bits per heavy atom. The molecule has 0 bridgehead atoms. The molecule has 84 valence electrons. The summed E-state index contributed by atoms with van der Waals surface area (Å²) >= 11 is 0. The first kappa shape index (κ1) is 11.8. The van der Waals surface area contributed by atoms with Crippen molar-refractivity contribution in [2.24, 2.45) is 0 Å². The van der Waals surface area contributed by atoms with E-state index < -0.39 is 12.5 Å². The van der Waals surface area contributed by atoms with E-state index in [-0.39, 0.29) is 0 Å². The highest BCUT2D eigenvalue weighted by molar-refractivity contribution is 5.25. The fraction of sp³-hybridized carbons (Fsp3) is 0.500. The third-order valence-electron chi connectivity index (χ3n) is 2.04. The van der Waals surface area contributed by atoms with E-state index in [0.717, 1.165) is 5.56 Å². The second kappa shape index (κ2) is 5.60. The molecule has 0 aromatic carbocycles. The second-order valence-corrected chi connectivity index (χ2v) is 3.18. The van der Waals surface area contributed by atoms with Crippen molar-refractivity contribution in [1.29, 1.82) is 0 Å². The van der Waals surface area contributed by atoms with Gasteiger partial charge >= 0.3 is 0 Å². The first-order valence-corrected chi connectivity index (χ1v) is 4.64. The third-order valence-corrected chi connectivity index (χ3v) is 2.04. The van der Waals surface area contributed by atoms with Crippen LogP contribution in [0.5, 0.6) is 5.88 Å². The van der Waals surface area contributed by atoms with Crippen molar-refractivity contribution in [2.45, 2.75) is 25.9 Å². The minimum Gasteiger partial charge on any atom is -0.481 e. The van der Waals surface area contributed by atoms with Gasteiger partial charge in [-0.25, -0.2) is 13.8 Å². The van der Waals surface area contributed by atoms with Gasteiger partial charge in [-0.3, -0.25) is 0 Å². The molecule has 0 aliphatic rings. The highest BCUT2D eigenvalue weighted by Gasteiger charge is 2.14. The molecule has 0 spiro atoms. The van der Waals surface area contributed by atoms with E-state index in [1.807, 2.05) is 0 Å². The number of nitrogens with zero attached hydrogens (tertiary/aromatic N) is 1. The Balaban J connectivity index is 2.57. The maximum atomic E-state index is 12.2. The van der Waals surface area contributed by atoms with Crippen LogP contribution in [0, 0.1) is 0 Å². The quantitative estimate of drug-likeness (QED) is 0.815. The summed E-state index contributed by atoms with van der Waals surface area (Å²) in [5, 5.41) is 2.70. The Labute approximate surface area is 87.5 Å². The van der Waals surface area contributed by atoms with Crippen molar-refractivity contribution in [3.63, 3.8) is 0 Å². The molecular weight excluding hydrogens is 202 g/mol. The molecule has 0 aliphatic carbocycles. The lowest BCUT2D eigenvalue weighted by atomic mass is 10.2. The molecule has 15 heavy (non-hydrogen) atoms. The molecule has 0 radical (unpaired) electrons. The van der Waals surface area contributed by atoms with E-state index in [1.165, 1.54) is 14.0 Å². The predicted octanol–water partition coefficient (Wildman–Crippen LogP) is 1.83. The van der Waals surface area contributed by atoms with Crippen molar-refractivity contribution < 1.29 is 13.5 Å². The summed E-state index contributed by atoms with van der Waals surface area (Å²) < 4.78 is 29.4. The summed E-state index contributed by atoms with van der Waals surface area (Å²) in [5.74, 6) is 0.464. The number of rotatable bonds is 5. The van der Waals surface area contributed by atoms with Gasteiger partial charge < -0.3 is 10.1 Å². The Morgan fingerprint density at radius 2 is 2.27 bits per heavy atom. The lowest BCUT2D eigenvalue weighted by Gasteiger charge is -2.13. The van der Waals surface area contributed by atoms with E-state index in [9.17, 15) is 8.78 Å². The third kappa shape index (κ3) is 3.43. The highest BCUT2D eigenvalue weighted by Crippen LogP contribution is 2.13. The smallest absolute Gasteiger partial charge is 0.253 e. The van der Waals surface area contributed by atoms with Crippen LogP contribution in [0.15, 0.2) is 18.3 Å². The number of alkyl halides is 2. The van der Waals surface area contributed by atoms with Crippen molar-refractivity contribution in [1.82, 2.24) is 10.3 Å². The first-order chi connectivity index (χ1) is 7.15. The zero-order valence-electron chi connectivity index (χ0n) is 8.71. The van der Waals surface area contributed by atoms with Gasteiger partial charge in [0.1, 0.15) is 0 Å². The standard InChI is InChI=1S/C10H14F2N2O/c1-7(9(11)12)14-6-8-4-3-5-13-10(8)15-2/h3-5,7,9,14H,6H2,1-2H3. The molecule has 1 atom stereocenters. The molecule has 0 amide bonds. The van der Waals surface area contributed by atoms with Crippen LogP contribution in [0.2, 0.25) is 0 Å². The van der Waals surface area contributed by atoms with Crippen LogP contribution in [0.25, 0.3) is 0 Å². The molecule has 0 aliphatic heterocycles. The summed E-state index contributed by atoms with van der Waals surface area (Å²) in [7, 11) is 1.50. The van der Waals surface area contributed by atoms with E-state index in [0.29, 0.717) is 12.4 Å². The highest BCUT2D eigenvalue weighted by atomic mass is 19.3. The molecule has 1 aromatic heterocycles.